The third kappa shape index (κ3) is 3.24. The van der Waals surface area contributed by atoms with E-state index in [2.05, 4.69) is 20.8 Å². The van der Waals surface area contributed by atoms with Crippen molar-refractivity contribution in [2.45, 2.75) is 6.54 Å². The highest BCUT2D eigenvalue weighted by Crippen LogP contribution is 2.13. The van der Waals surface area contributed by atoms with Gasteiger partial charge in [-0.25, -0.2) is 0 Å². The molecule has 0 radical (unpaired) electrons. The Bertz CT molecular complexity index is 878. The van der Waals surface area contributed by atoms with E-state index in [0.717, 1.165) is 5.69 Å². The zero-order valence-corrected chi connectivity index (χ0v) is 12.4. The van der Waals surface area contributed by atoms with Crippen LogP contribution in [0.1, 0.15) is 16.2 Å². The van der Waals surface area contributed by atoms with Gasteiger partial charge in [0.25, 0.3) is 11.6 Å². The number of hydrogen-bond acceptors (Lipinski definition) is 6. The number of amides is 1. The highest BCUT2D eigenvalue weighted by molar-refractivity contribution is 5.94. The average Bonchev–Trinajstić information content (AvgIpc) is 3.09. The second kappa shape index (κ2) is 6.65. The number of carbonyl (C=O) groups excluding carboxylic acids is 1. The quantitative estimate of drug-likeness (QED) is 0.561. The second-order valence-electron chi connectivity index (χ2n) is 4.83. The van der Waals surface area contributed by atoms with Crippen LogP contribution in [0, 0.1) is 10.1 Å². The number of nitro groups is 1. The van der Waals surface area contributed by atoms with Gasteiger partial charge in [-0.15, -0.1) is 5.10 Å². The van der Waals surface area contributed by atoms with Crippen LogP contribution in [0.2, 0.25) is 0 Å². The zero-order valence-electron chi connectivity index (χ0n) is 12.4. The van der Waals surface area contributed by atoms with Crippen molar-refractivity contribution >= 4 is 11.6 Å². The lowest BCUT2D eigenvalue weighted by molar-refractivity contribution is -0.384. The fourth-order valence-electron chi connectivity index (χ4n) is 2.11. The van der Waals surface area contributed by atoms with Gasteiger partial charge < -0.3 is 5.32 Å². The van der Waals surface area contributed by atoms with Gasteiger partial charge in [-0.2, -0.15) is 4.68 Å². The summed E-state index contributed by atoms with van der Waals surface area (Å²) in [6.45, 7) is 0.0867. The summed E-state index contributed by atoms with van der Waals surface area (Å²) in [5.41, 5.74) is 0.821. The predicted molar refractivity (Wildman–Crippen MR) is 83.4 cm³/mol. The maximum atomic E-state index is 12.2. The van der Waals surface area contributed by atoms with Gasteiger partial charge in [0.2, 0.25) is 0 Å². The molecule has 0 bridgehead atoms. The van der Waals surface area contributed by atoms with Gasteiger partial charge in [0.1, 0.15) is 0 Å². The molecular weight excluding hydrogens is 312 g/mol. The van der Waals surface area contributed by atoms with Gasteiger partial charge in [-0.3, -0.25) is 14.9 Å². The lowest BCUT2D eigenvalue weighted by Crippen LogP contribution is -2.24. The number of nitrogens with one attached hydrogen (secondary N) is 1. The van der Waals surface area contributed by atoms with Gasteiger partial charge in [0, 0.05) is 17.7 Å². The number of para-hydroxylation sites is 1. The van der Waals surface area contributed by atoms with Crippen molar-refractivity contribution in [1.29, 1.82) is 0 Å². The van der Waals surface area contributed by atoms with Gasteiger partial charge in [0.15, 0.2) is 5.82 Å². The van der Waals surface area contributed by atoms with E-state index >= 15 is 0 Å². The Kier molecular flexibility index (Phi) is 4.23. The maximum absolute atomic E-state index is 12.2. The van der Waals surface area contributed by atoms with E-state index in [1.807, 2.05) is 30.3 Å². The molecule has 120 valence electrons. The molecule has 1 N–H and O–H groups in total. The van der Waals surface area contributed by atoms with Crippen molar-refractivity contribution in [3.8, 4) is 5.69 Å². The zero-order chi connectivity index (χ0) is 16.9. The minimum Gasteiger partial charge on any atom is -0.345 e. The molecule has 24 heavy (non-hydrogen) atoms. The summed E-state index contributed by atoms with van der Waals surface area (Å²) in [7, 11) is 0. The summed E-state index contributed by atoms with van der Waals surface area (Å²) in [6.07, 6.45) is 0. The Morgan fingerprint density at radius 1 is 1.17 bits per heavy atom. The van der Waals surface area contributed by atoms with Crippen LogP contribution >= 0.6 is 0 Å². The van der Waals surface area contributed by atoms with E-state index in [9.17, 15) is 14.9 Å². The molecule has 1 aromatic heterocycles. The number of nitro benzene ring substituents is 1. The van der Waals surface area contributed by atoms with Crippen molar-refractivity contribution < 1.29 is 9.72 Å². The third-order valence-electron chi connectivity index (χ3n) is 3.26. The lowest BCUT2D eigenvalue weighted by Gasteiger charge is -2.06. The Morgan fingerprint density at radius 2 is 1.96 bits per heavy atom. The second-order valence-corrected chi connectivity index (χ2v) is 4.83. The molecule has 0 fully saturated rings. The molecule has 0 atom stereocenters. The molecule has 2 aromatic carbocycles. The van der Waals surface area contributed by atoms with Crippen LogP contribution in [-0.4, -0.2) is 31.0 Å². The Balaban J connectivity index is 1.73. The summed E-state index contributed by atoms with van der Waals surface area (Å²) in [5.74, 6) is 0.00120. The maximum Gasteiger partial charge on any atom is 0.270 e. The summed E-state index contributed by atoms with van der Waals surface area (Å²) < 4.78 is 1.51. The molecular formula is C15H12N6O3. The number of nitrogens with zero attached hydrogens (tertiary/aromatic N) is 5. The molecule has 0 unspecified atom stereocenters. The van der Waals surface area contributed by atoms with E-state index in [1.54, 1.807) is 0 Å². The minimum absolute atomic E-state index is 0.0867. The molecule has 0 saturated heterocycles. The molecule has 9 nitrogen and oxygen atoms in total. The molecule has 3 rings (SSSR count). The standard InChI is InChI=1S/C15H12N6O3/c22-15(11-5-4-8-13(9-11)21(23)24)16-10-14-17-18-19-20(14)12-6-2-1-3-7-12/h1-9H,10H2,(H,16,22). The van der Waals surface area contributed by atoms with Crippen molar-refractivity contribution in [3.63, 3.8) is 0 Å². The minimum atomic E-state index is -0.549. The van der Waals surface area contributed by atoms with Crippen LogP contribution in [0.5, 0.6) is 0 Å². The topological polar surface area (TPSA) is 116 Å². The third-order valence-corrected chi connectivity index (χ3v) is 3.26. The molecule has 0 spiro atoms. The number of hydrogen-bond donors (Lipinski definition) is 1. The normalized spacial score (nSPS) is 10.3. The molecule has 0 aliphatic heterocycles. The van der Waals surface area contributed by atoms with Gasteiger partial charge >= 0.3 is 0 Å². The highest BCUT2D eigenvalue weighted by atomic mass is 16.6. The van der Waals surface area contributed by atoms with E-state index < -0.39 is 10.8 Å². The first-order valence-electron chi connectivity index (χ1n) is 7.00. The largest absolute Gasteiger partial charge is 0.345 e. The smallest absolute Gasteiger partial charge is 0.270 e. The van der Waals surface area contributed by atoms with Crippen LogP contribution in [0.3, 0.4) is 0 Å². The van der Waals surface area contributed by atoms with Crippen LogP contribution in [0.15, 0.2) is 54.6 Å². The number of tetrazole rings is 1. The number of non-ortho nitro benzene ring substituents is 1. The highest BCUT2D eigenvalue weighted by Gasteiger charge is 2.13. The SMILES string of the molecule is O=C(NCc1nnnn1-c1ccccc1)c1cccc([N+](=O)[O-])c1. The van der Waals surface area contributed by atoms with E-state index in [1.165, 1.54) is 28.9 Å². The van der Waals surface area contributed by atoms with Crippen LogP contribution < -0.4 is 5.32 Å². The Hall–Kier alpha value is -3.62. The fraction of sp³-hybridized carbons (Fsp3) is 0.0667. The van der Waals surface area contributed by atoms with E-state index in [4.69, 9.17) is 0 Å². The summed E-state index contributed by atoms with van der Waals surface area (Å²) in [4.78, 5) is 22.4. The molecule has 1 heterocycles. The van der Waals surface area contributed by atoms with Crippen LogP contribution in [0.4, 0.5) is 5.69 Å². The molecule has 9 heteroatoms. The number of aromatic nitrogens is 4. The molecule has 0 aliphatic carbocycles. The Morgan fingerprint density at radius 3 is 2.71 bits per heavy atom. The van der Waals surface area contributed by atoms with Gasteiger partial charge in [-0.1, -0.05) is 24.3 Å². The molecule has 0 saturated carbocycles. The average molecular weight is 324 g/mol. The first-order chi connectivity index (χ1) is 11.6. The van der Waals surface area contributed by atoms with Crippen molar-refractivity contribution in [3.05, 3.63) is 76.1 Å². The summed E-state index contributed by atoms with van der Waals surface area (Å²) in [5, 5.41) is 24.8. The predicted octanol–water partition coefficient (Wildman–Crippen LogP) is 1.50. The first kappa shape index (κ1) is 15.3. The van der Waals surface area contributed by atoms with E-state index in [0.29, 0.717) is 5.82 Å². The van der Waals surface area contributed by atoms with Crippen LogP contribution in [0.25, 0.3) is 5.69 Å². The molecule has 0 aliphatic rings. The molecule has 1 amide bonds. The Labute approximate surface area is 136 Å². The number of rotatable bonds is 5. The van der Waals surface area contributed by atoms with Gasteiger partial charge in [-0.05, 0) is 28.6 Å². The number of carbonyl (C=O) groups is 1. The monoisotopic (exact) mass is 324 g/mol. The lowest BCUT2D eigenvalue weighted by atomic mass is 10.2. The van der Waals surface area contributed by atoms with Crippen molar-refractivity contribution in [1.82, 2.24) is 25.5 Å². The molecule has 3 aromatic rings. The van der Waals surface area contributed by atoms with Gasteiger partial charge in [0.05, 0.1) is 17.2 Å². The number of benzene rings is 2. The van der Waals surface area contributed by atoms with Crippen LogP contribution in [-0.2, 0) is 6.54 Å². The van der Waals surface area contributed by atoms with E-state index in [-0.39, 0.29) is 17.8 Å². The van der Waals surface area contributed by atoms with Crippen molar-refractivity contribution in [2.75, 3.05) is 0 Å². The fourth-order valence-corrected chi connectivity index (χ4v) is 2.11. The first-order valence-corrected chi connectivity index (χ1v) is 7.00. The summed E-state index contributed by atoms with van der Waals surface area (Å²) in [6, 6.07) is 14.7. The summed E-state index contributed by atoms with van der Waals surface area (Å²) >= 11 is 0. The van der Waals surface area contributed by atoms with Crippen molar-refractivity contribution in [2.24, 2.45) is 0 Å².